The number of likely N-dealkylation sites (N-methyl/N-ethyl adjacent to an activating group) is 3. The number of nitrogens with one attached hydrogen (secondary N) is 3. The van der Waals surface area contributed by atoms with Crippen LogP contribution >= 0.6 is 0 Å². The van der Waals surface area contributed by atoms with Crippen LogP contribution in [0.1, 0.15) is 30.5 Å². The van der Waals surface area contributed by atoms with E-state index in [-0.39, 0.29) is 19.3 Å². The molecule has 0 saturated carbocycles. The van der Waals surface area contributed by atoms with Crippen molar-refractivity contribution in [3.8, 4) is 23.0 Å². The van der Waals surface area contributed by atoms with Gasteiger partial charge in [0, 0.05) is 40.4 Å². The molecule has 6 rings (SSSR count). The number of rotatable bonds is 4. The largest absolute Gasteiger partial charge is 0.497 e. The molecule has 1 saturated heterocycles. The highest BCUT2D eigenvalue weighted by Crippen LogP contribution is 2.34. The molecule has 15 nitrogen and oxygen atoms in total. The van der Waals surface area contributed by atoms with E-state index in [0.717, 1.165) is 0 Å². The van der Waals surface area contributed by atoms with E-state index in [2.05, 4.69) is 16.0 Å². The van der Waals surface area contributed by atoms with E-state index in [0.29, 0.717) is 39.7 Å². The third-order valence-electron chi connectivity index (χ3n) is 10.1. The molecule has 0 spiro atoms. The minimum absolute atomic E-state index is 0.0136. The Morgan fingerprint density at radius 3 is 1.93 bits per heavy atom. The van der Waals surface area contributed by atoms with Gasteiger partial charge in [0.15, 0.2) is 11.5 Å². The lowest BCUT2D eigenvalue weighted by atomic mass is 9.99. The maximum Gasteiger partial charge on any atom is 0.246 e. The van der Waals surface area contributed by atoms with Gasteiger partial charge in [0.25, 0.3) is 0 Å². The van der Waals surface area contributed by atoms with Crippen molar-refractivity contribution in [1.82, 2.24) is 30.7 Å². The molecule has 0 aromatic heterocycles. The molecule has 3 aliphatic rings. The summed E-state index contributed by atoms with van der Waals surface area (Å²) in [5.41, 5.74) is 2.03. The maximum absolute atomic E-state index is 14.6. The Kier molecular flexibility index (Phi) is 12.6. The zero-order valence-electron chi connectivity index (χ0n) is 32.1. The molecule has 1 fully saturated rings. The third-order valence-corrected chi connectivity index (χ3v) is 10.1. The van der Waals surface area contributed by atoms with Crippen LogP contribution in [0.3, 0.4) is 0 Å². The molecule has 0 aliphatic carbocycles. The van der Waals surface area contributed by atoms with E-state index in [1.54, 1.807) is 66.7 Å². The first-order chi connectivity index (χ1) is 26.2. The van der Waals surface area contributed by atoms with Gasteiger partial charge in [0.05, 0.1) is 20.8 Å². The van der Waals surface area contributed by atoms with E-state index < -0.39 is 72.2 Å². The van der Waals surface area contributed by atoms with Crippen molar-refractivity contribution in [2.75, 3.05) is 41.9 Å². The van der Waals surface area contributed by atoms with Gasteiger partial charge in [-0.05, 0) is 66.9 Å². The number of carbonyl (C=O) groups is 6. The van der Waals surface area contributed by atoms with Gasteiger partial charge in [-0.25, -0.2) is 0 Å². The Labute approximate surface area is 320 Å². The molecule has 6 amide bonds. The molecule has 1 unspecified atom stereocenters. The first-order valence-corrected chi connectivity index (χ1v) is 17.9. The van der Waals surface area contributed by atoms with Crippen LogP contribution in [0.15, 0.2) is 66.7 Å². The number of hydrogen-bond acceptors (Lipinski definition) is 9. The third kappa shape index (κ3) is 9.34. The van der Waals surface area contributed by atoms with Crippen LogP contribution in [0.4, 0.5) is 0 Å². The Morgan fingerprint density at radius 2 is 1.27 bits per heavy atom. The predicted octanol–water partition coefficient (Wildman–Crippen LogP) is 1.46. The van der Waals surface area contributed by atoms with Crippen LogP contribution in [0.2, 0.25) is 0 Å². The predicted molar refractivity (Wildman–Crippen MR) is 202 cm³/mol. The SMILES string of the molecule is COc1ccc(C[C@H]2C(=O)N[C@@H](C)C(=O)N(C)[C@H]3Cc4ccc(cc4)Oc4cc(ccc4OC)CC(C(=O)NCC(=O)N[C@@H](C)C(=O)N2C)N(C)C3=O)cc1. The number of carbonyl (C=O) groups excluding carboxylic acids is 6. The highest BCUT2D eigenvalue weighted by Gasteiger charge is 2.38. The van der Waals surface area contributed by atoms with Crippen molar-refractivity contribution in [2.24, 2.45) is 0 Å². The number of fused-ring (bicyclic) bond motifs is 2. The lowest BCUT2D eigenvalue weighted by molar-refractivity contribution is -0.149. The van der Waals surface area contributed by atoms with Gasteiger partial charge < -0.3 is 44.9 Å². The highest BCUT2D eigenvalue weighted by atomic mass is 16.5. The topological polar surface area (TPSA) is 176 Å². The molecule has 3 aromatic carbocycles. The van der Waals surface area contributed by atoms with Crippen LogP contribution in [0, 0.1) is 0 Å². The fraction of sp³-hybridized carbons (Fsp3) is 0.400. The average molecular weight is 757 g/mol. The average Bonchev–Trinajstić information content (AvgIpc) is 3.18. The van der Waals surface area contributed by atoms with Crippen LogP contribution in [-0.4, -0.2) is 122 Å². The number of hydrogen-bond donors (Lipinski definition) is 3. The van der Waals surface area contributed by atoms with E-state index in [9.17, 15) is 28.8 Å². The van der Waals surface area contributed by atoms with Crippen LogP contribution in [-0.2, 0) is 48.0 Å². The summed E-state index contributed by atoms with van der Waals surface area (Å²) in [6.45, 7) is 2.48. The zero-order chi connectivity index (χ0) is 40.0. The molecule has 15 heteroatoms. The highest BCUT2D eigenvalue weighted by molar-refractivity contribution is 5.97. The molecule has 3 N–H and O–H groups in total. The van der Waals surface area contributed by atoms with E-state index in [4.69, 9.17) is 14.2 Å². The quantitative estimate of drug-likeness (QED) is 0.356. The van der Waals surface area contributed by atoms with Gasteiger partial charge >= 0.3 is 0 Å². The van der Waals surface area contributed by atoms with Gasteiger partial charge in [-0.3, -0.25) is 28.8 Å². The first-order valence-electron chi connectivity index (χ1n) is 17.9. The summed E-state index contributed by atoms with van der Waals surface area (Å²) in [7, 11) is 7.44. The zero-order valence-corrected chi connectivity index (χ0v) is 32.1. The van der Waals surface area contributed by atoms with Crippen molar-refractivity contribution in [1.29, 1.82) is 0 Å². The van der Waals surface area contributed by atoms with Gasteiger partial charge in [0.1, 0.15) is 41.7 Å². The van der Waals surface area contributed by atoms with Gasteiger partial charge in [-0.2, -0.15) is 0 Å². The summed E-state index contributed by atoms with van der Waals surface area (Å²) >= 11 is 0. The number of methoxy groups -OCH3 is 2. The number of benzene rings is 3. The molecule has 5 atom stereocenters. The van der Waals surface area contributed by atoms with E-state index in [1.807, 2.05) is 0 Å². The second kappa shape index (κ2) is 17.3. The standard InChI is InChI=1S/C40H48N6O9/c1-23-38(50)44(3)31(18-25-8-13-28(53-6)14-9-25)37(49)43-24(2)39(51)46(5)32-19-26-10-15-29(16-11-26)55-34-21-27(12-17-33(34)54-7)20-30(45(4)40(32)52)36(48)41-22-35(47)42-23/h8-17,21,23-24,30-32H,18-20,22H2,1-7H3,(H,41,48)(H,42,47)(H,43,49)/t23-,24-,30?,31-,32-/m0/s1. The molecule has 55 heavy (non-hydrogen) atoms. The van der Waals surface area contributed by atoms with Crippen molar-refractivity contribution < 1.29 is 43.0 Å². The Balaban J connectivity index is 1.55. The maximum atomic E-state index is 14.6. The van der Waals surface area contributed by atoms with Crippen molar-refractivity contribution >= 4 is 35.4 Å². The normalized spacial score (nSPS) is 23.2. The van der Waals surface area contributed by atoms with Gasteiger partial charge in [-0.15, -0.1) is 0 Å². The molecular weight excluding hydrogens is 708 g/mol. The number of nitrogens with zero attached hydrogens (tertiary/aromatic N) is 3. The summed E-state index contributed by atoms with van der Waals surface area (Å²) in [6.07, 6.45) is 0.154. The number of ether oxygens (including phenoxy) is 3. The monoisotopic (exact) mass is 756 g/mol. The molecule has 3 aliphatic heterocycles. The van der Waals surface area contributed by atoms with Crippen molar-refractivity contribution in [3.63, 3.8) is 0 Å². The van der Waals surface area contributed by atoms with Crippen LogP contribution < -0.4 is 30.2 Å². The van der Waals surface area contributed by atoms with E-state index >= 15 is 0 Å². The molecule has 3 heterocycles. The molecule has 292 valence electrons. The summed E-state index contributed by atoms with van der Waals surface area (Å²) in [5, 5.41) is 7.99. The summed E-state index contributed by atoms with van der Waals surface area (Å²) in [5.74, 6) is -1.62. The summed E-state index contributed by atoms with van der Waals surface area (Å²) in [6, 6.07) is 13.6. The molecule has 6 bridgehead atoms. The van der Waals surface area contributed by atoms with E-state index in [1.165, 1.54) is 63.9 Å². The second-order valence-electron chi connectivity index (χ2n) is 13.8. The lowest BCUT2D eigenvalue weighted by Crippen LogP contribution is -2.60. The summed E-state index contributed by atoms with van der Waals surface area (Å²) in [4.78, 5) is 87.3. The first kappa shape index (κ1) is 40.1. The van der Waals surface area contributed by atoms with Crippen LogP contribution in [0.25, 0.3) is 0 Å². The Morgan fingerprint density at radius 1 is 0.673 bits per heavy atom. The molecule has 0 radical (unpaired) electrons. The van der Waals surface area contributed by atoms with Gasteiger partial charge in [-0.1, -0.05) is 30.3 Å². The number of amides is 6. The Hall–Kier alpha value is -6.12. The molecule has 3 aromatic rings. The summed E-state index contributed by atoms with van der Waals surface area (Å²) < 4.78 is 16.9. The Bertz CT molecular complexity index is 1920. The van der Waals surface area contributed by atoms with Gasteiger partial charge in [0.2, 0.25) is 35.4 Å². The fourth-order valence-electron chi connectivity index (χ4n) is 6.70. The lowest BCUT2D eigenvalue weighted by Gasteiger charge is -2.36. The van der Waals surface area contributed by atoms with Crippen LogP contribution in [0.5, 0.6) is 23.0 Å². The minimum atomic E-state index is -1.14. The fourth-order valence-corrected chi connectivity index (χ4v) is 6.70. The second-order valence-corrected chi connectivity index (χ2v) is 13.8. The van der Waals surface area contributed by atoms with Crippen molar-refractivity contribution in [3.05, 3.63) is 83.4 Å². The molecular formula is C40H48N6O9. The van der Waals surface area contributed by atoms with Crippen molar-refractivity contribution in [2.45, 2.75) is 63.3 Å². The minimum Gasteiger partial charge on any atom is -0.497 e. The smallest absolute Gasteiger partial charge is 0.246 e.